The molecule has 0 aliphatic carbocycles. The van der Waals surface area contributed by atoms with E-state index in [1.54, 1.807) is 31.3 Å². The second-order valence-electron chi connectivity index (χ2n) is 5.65. The van der Waals surface area contributed by atoms with E-state index < -0.39 is 0 Å². The lowest BCUT2D eigenvalue weighted by Crippen LogP contribution is -2.26. The Labute approximate surface area is 139 Å². The normalized spacial score (nSPS) is 10.8. The molecule has 0 aliphatic rings. The zero-order valence-electron chi connectivity index (χ0n) is 13.6. The lowest BCUT2D eigenvalue weighted by Gasteiger charge is -2.10. The second kappa shape index (κ2) is 6.62. The Kier molecular flexibility index (Phi) is 4.37. The average Bonchev–Trinajstić information content (AvgIpc) is 2.57. The first-order valence-corrected chi connectivity index (χ1v) is 7.73. The van der Waals surface area contributed by atoms with Crippen molar-refractivity contribution in [3.8, 4) is 0 Å². The molecule has 0 fully saturated rings. The van der Waals surface area contributed by atoms with Gasteiger partial charge in [0.1, 0.15) is 11.6 Å². The van der Waals surface area contributed by atoms with Crippen molar-refractivity contribution in [2.45, 2.75) is 26.8 Å². The van der Waals surface area contributed by atoms with Gasteiger partial charge in [0.25, 0.3) is 5.56 Å². The van der Waals surface area contributed by atoms with Crippen LogP contribution in [0.5, 0.6) is 0 Å². The molecule has 24 heavy (non-hydrogen) atoms. The van der Waals surface area contributed by atoms with Gasteiger partial charge in [-0.15, -0.1) is 0 Å². The van der Waals surface area contributed by atoms with E-state index in [-0.39, 0.29) is 24.4 Å². The summed E-state index contributed by atoms with van der Waals surface area (Å²) in [7, 11) is 0. The van der Waals surface area contributed by atoms with Crippen molar-refractivity contribution in [1.29, 1.82) is 0 Å². The number of anilines is 1. The van der Waals surface area contributed by atoms with Gasteiger partial charge in [0.15, 0.2) is 0 Å². The maximum Gasteiger partial charge on any atom is 0.261 e. The molecule has 3 rings (SSSR count). The molecule has 1 amide bonds. The fourth-order valence-electron chi connectivity index (χ4n) is 2.50. The molecule has 1 aromatic carbocycles. The Morgan fingerprint density at radius 1 is 1.17 bits per heavy atom. The van der Waals surface area contributed by atoms with Crippen LogP contribution in [0.1, 0.15) is 17.8 Å². The van der Waals surface area contributed by atoms with Crippen LogP contribution in [-0.2, 0) is 11.3 Å². The highest BCUT2D eigenvalue weighted by molar-refractivity contribution is 5.89. The van der Waals surface area contributed by atoms with Crippen molar-refractivity contribution in [3.63, 3.8) is 0 Å². The molecule has 2 heterocycles. The Bertz CT molecular complexity index is 945. The number of fused-ring (bicyclic) bond motifs is 1. The molecular formula is C18H18N4O2. The number of amides is 1. The number of carbonyl (C=O) groups is 1. The van der Waals surface area contributed by atoms with Gasteiger partial charge in [-0.1, -0.05) is 18.2 Å². The van der Waals surface area contributed by atoms with E-state index in [2.05, 4.69) is 15.3 Å². The van der Waals surface area contributed by atoms with Crippen molar-refractivity contribution in [2.75, 3.05) is 5.32 Å². The van der Waals surface area contributed by atoms with Crippen LogP contribution in [0.4, 0.5) is 5.82 Å². The number of rotatable bonds is 4. The van der Waals surface area contributed by atoms with Crippen molar-refractivity contribution < 1.29 is 4.79 Å². The van der Waals surface area contributed by atoms with Gasteiger partial charge in [-0.05, 0) is 37.6 Å². The summed E-state index contributed by atoms with van der Waals surface area (Å²) in [6, 6.07) is 10.8. The lowest BCUT2D eigenvalue weighted by molar-refractivity contribution is -0.116. The summed E-state index contributed by atoms with van der Waals surface area (Å²) >= 11 is 0. The summed E-state index contributed by atoms with van der Waals surface area (Å²) in [5, 5.41) is 3.29. The number of pyridine rings is 1. The number of aryl methyl sites for hydroxylation is 2. The summed E-state index contributed by atoms with van der Waals surface area (Å²) in [5.74, 6) is 0.914. The first-order valence-electron chi connectivity index (χ1n) is 7.73. The van der Waals surface area contributed by atoms with Crippen LogP contribution in [0.3, 0.4) is 0 Å². The fraction of sp³-hybridized carbons (Fsp3) is 0.222. The molecule has 3 aromatic rings. The maximum absolute atomic E-state index is 12.5. The SMILES string of the molecule is Cc1ccc(NC(=O)CCn2c(C)nc3ccccc3c2=O)nc1. The number of nitrogens with zero attached hydrogens (tertiary/aromatic N) is 3. The number of hydrogen-bond donors (Lipinski definition) is 1. The topological polar surface area (TPSA) is 76.9 Å². The Hall–Kier alpha value is -3.02. The van der Waals surface area contributed by atoms with Crippen LogP contribution >= 0.6 is 0 Å². The summed E-state index contributed by atoms with van der Waals surface area (Å²) < 4.78 is 1.53. The minimum Gasteiger partial charge on any atom is -0.311 e. The number of benzene rings is 1. The summed E-state index contributed by atoms with van der Waals surface area (Å²) in [6.07, 6.45) is 1.87. The zero-order valence-corrected chi connectivity index (χ0v) is 13.6. The van der Waals surface area contributed by atoms with Gasteiger partial charge in [0, 0.05) is 19.2 Å². The minimum atomic E-state index is -0.189. The van der Waals surface area contributed by atoms with Crippen LogP contribution in [0.25, 0.3) is 10.9 Å². The molecule has 0 unspecified atom stereocenters. The van der Waals surface area contributed by atoms with Gasteiger partial charge in [-0.3, -0.25) is 14.2 Å². The molecule has 0 spiro atoms. The van der Waals surface area contributed by atoms with Gasteiger partial charge < -0.3 is 5.32 Å². The van der Waals surface area contributed by atoms with Crippen molar-refractivity contribution in [1.82, 2.24) is 14.5 Å². The lowest BCUT2D eigenvalue weighted by atomic mass is 10.2. The van der Waals surface area contributed by atoms with Crippen LogP contribution in [-0.4, -0.2) is 20.4 Å². The smallest absolute Gasteiger partial charge is 0.261 e. The molecule has 6 nitrogen and oxygen atoms in total. The molecule has 0 saturated heterocycles. The third kappa shape index (κ3) is 3.32. The molecule has 0 saturated carbocycles. The van der Waals surface area contributed by atoms with E-state index in [1.807, 2.05) is 25.1 Å². The average molecular weight is 322 g/mol. The second-order valence-corrected chi connectivity index (χ2v) is 5.65. The summed E-state index contributed by atoms with van der Waals surface area (Å²) in [6.45, 7) is 3.98. The standard InChI is InChI=1S/C18H18N4O2/c1-12-7-8-16(19-11-12)21-17(23)9-10-22-13(2)20-15-6-4-3-5-14(15)18(22)24/h3-8,11H,9-10H2,1-2H3,(H,19,21,23). The van der Waals surface area contributed by atoms with Crippen LogP contribution in [0.15, 0.2) is 47.4 Å². The minimum absolute atomic E-state index is 0.126. The molecule has 6 heteroatoms. The molecule has 2 aromatic heterocycles. The van der Waals surface area contributed by atoms with Crippen LogP contribution in [0, 0.1) is 13.8 Å². The monoisotopic (exact) mass is 322 g/mol. The van der Waals surface area contributed by atoms with Crippen molar-refractivity contribution >= 4 is 22.6 Å². The zero-order chi connectivity index (χ0) is 17.1. The van der Waals surface area contributed by atoms with E-state index in [9.17, 15) is 9.59 Å². The van der Waals surface area contributed by atoms with E-state index >= 15 is 0 Å². The van der Waals surface area contributed by atoms with Gasteiger partial charge in [0.2, 0.25) is 5.91 Å². The van der Waals surface area contributed by atoms with Gasteiger partial charge >= 0.3 is 0 Å². The number of carbonyl (C=O) groups excluding carboxylic acids is 1. The van der Waals surface area contributed by atoms with Crippen molar-refractivity contribution in [3.05, 3.63) is 64.3 Å². The highest BCUT2D eigenvalue weighted by Crippen LogP contribution is 2.08. The number of hydrogen-bond acceptors (Lipinski definition) is 4. The summed E-state index contributed by atoms with van der Waals surface area (Å²) in [4.78, 5) is 33.2. The molecule has 0 bridgehead atoms. The Morgan fingerprint density at radius 3 is 2.71 bits per heavy atom. The Balaban J connectivity index is 1.74. The number of nitrogens with one attached hydrogen (secondary N) is 1. The highest BCUT2D eigenvalue weighted by Gasteiger charge is 2.10. The fourth-order valence-corrected chi connectivity index (χ4v) is 2.50. The predicted molar refractivity (Wildman–Crippen MR) is 93.0 cm³/mol. The molecular weight excluding hydrogens is 304 g/mol. The maximum atomic E-state index is 12.5. The molecule has 0 aliphatic heterocycles. The molecule has 1 N–H and O–H groups in total. The molecule has 0 atom stereocenters. The van der Waals surface area contributed by atoms with Gasteiger partial charge in [-0.25, -0.2) is 9.97 Å². The first-order chi connectivity index (χ1) is 11.5. The quantitative estimate of drug-likeness (QED) is 0.800. The van der Waals surface area contributed by atoms with Gasteiger partial charge in [-0.2, -0.15) is 0 Å². The highest BCUT2D eigenvalue weighted by atomic mass is 16.2. The van der Waals surface area contributed by atoms with E-state index in [0.717, 1.165) is 5.56 Å². The third-order valence-electron chi connectivity index (χ3n) is 3.79. The largest absolute Gasteiger partial charge is 0.311 e. The molecule has 122 valence electrons. The Morgan fingerprint density at radius 2 is 1.96 bits per heavy atom. The van der Waals surface area contributed by atoms with Crippen molar-refractivity contribution in [2.24, 2.45) is 0 Å². The van der Waals surface area contributed by atoms with Crippen LogP contribution in [0.2, 0.25) is 0 Å². The number of aromatic nitrogens is 3. The number of para-hydroxylation sites is 1. The van der Waals surface area contributed by atoms with E-state index in [1.165, 1.54) is 4.57 Å². The molecule has 0 radical (unpaired) electrons. The third-order valence-corrected chi connectivity index (χ3v) is 3.79. The predicted octanol–water partition coefficient (Wildman–Crippen LogP) is 2.44. The van der Waals surface area contributed by atoms with Crippen LogP contribution < -0.4 is 10.9 Å². The van der Waals surface area contributed by atoms with E-state index in [0.29, 0.717) is 22.5 Å². The summed E-state index contributed by atoms with van der Waals surface area (Å²) in [5.41, 5.74) is 1.57. The first kappa shape index (κ1) is 15.9. The van der Waals surface area contributed by atoms with Gasteiger partial charge in [0.05, 0.1) is 10.9 Å². The van der Waals surface area contributed by atoms with E-state index in [4.69, 9.17) is 0 Å².